The third-order valence-electron chi connectivity index (χ3n) is 1.60. The van der Waals surface area contributed by atoms with Crippen molar-refractivity contribution in [1.29, 1.82) is 0 Å². The molecule has 4 heteroatoms. The Kier molecular flexibility index (Phi) is 3.16. The number of hydrogen-bond donors (Lipinski definition) is 1. The first-order valence-corrected chi connectivity index (χ1v) is 3.91. The van der Waals surface area contributed by atoms with Crippen LogP contribution in [0.4, 0.5) is 5.69 Å². The van der Waals surface area contributed by atoms with E-state index in [-0.39, 0.29) is 5.70 Å². The van der Waals surface area contributed by atoms with Crippen LogP contribution < -0.4 is 5.32 Å². The maximum absolute atomic E-state index is 10.2. The highest BCUT2D eigenvalue weighted by Gasteiger charge is 2.03. The standard InChI is InChI=1S/C9H10N2O2/c1-8(11(12)13)7-10-9-5-3-2-4-6-9/h2-7,10H,1H3/p+1/b8-7-. The zero-order chi connectivity index (χ0) is 9.68. The van der Waals surface area contributed by atoms with Crippen LogP contribution in [0.5, 0.6) is 0 Å². The molecule has 0 fully saturated rings. The summed E-state index contributed by atoms with van der Waals surface area (Å²) in [6.45, 7) is 1.47. The quantitative estimate of drug-likeness (QED) is 0.428. The lowest BCUT2D eigenvalue weighted by molar-refractivity contribution is -0.516. The first-order chi connectivity index (χ1) is 6.20. The number of rotatable bonds is 3. The molecule has 0 heterocycles. The number of nitrogens with two attached hydrogens (primary N) is 1. The number of benzene rings is 1. The first kappa shape index (κ1) is 9.41. The SMILES string of the molecule is C/C(=C/[NH2+]c1ccccc1)[N+](=O)[O-]. The lowest BCUT2D eigenvalue weighted by Gasteiger charge is -1.92. The van der Waals surface area contributed by atoms with E-state index in [1.807, 2.05) is 30.3 Å². The number of quaternary nitrogens is 1. The zero-order valence-corrected chi connectivity index (χ0v) is 7.31. The van der Waals surface area contributed by atoms with Crippen molar-refractivity contribution in [2.75, 3.05) is 0 Å². The molecule has 1 aromatic carbocycles. The number of nitrogens with zero attached hydrogens (tertiary/aromatic N) is 1. The van der Waals surface area contributed by atoms with Gasteiger partial charge in [0.15, 0.2) is 6.20 Å². The Morgan fingerprint density at radius 2 is 2.08 bits per heavy atom. The van der Waals surface area contributed by atoms with E-state index in [4.69, 9.17) is 0 Å². The molecule has 13 heavy (non-hydrogen) atoms. The van der Waals surface area contributed by atoms with E-state index in [1.54, 1.807) is 5.32 Å². The van der Waals surface area contributed by atoms with E-state index in [2.05, 4.69) is 0 Å². The van der Waals surface area contributed by atoms with Crippen LogP contribution in [-0.2, 0) is 0 Å². The molecule has 68 valence electrons. The molecule has 2 N–H and O–H groups in total. The summed E-state index contributed by atoms with van der Waals surface area (Å²) in [6, 6.07) is 9.47. The summed E-state index contributed by atoms with van der Waals surface area (Å²) in [6.07, 6.45) is 1.50. The van der Waals surface area contributed by atoms with E-state index < -0.39 is 4.92 Å². The maximum atomic E-state index is 10.2. The van der Waals surface area contributed by atoms with Crippen LogP contribution in [0.25, 0.3) is 0 Å². The molecular weight excluding hydrogens is 168 g/mol. The van der Waals surface area contributed by atoms with E-state index in [1.165, 1.54) is 13.1 Å². The third-order valence-corrected chi connectivity index (χ3v) is 1.60. The van der Waals surface area contributed by atoms with Gasteiger partial charge < -0.3 is 0 Å². The Hall–Kier alpha value is -1.68. The van der Waals surface area contributed by atoms with Crippen LogP contribution in [0.2, 0.25) is 0 Å². The largest absolute Gasteiger partial charge is 0.295 e. The molecule has 1 aromatic rings. The number of nitro groups is 1. The topological polar surface area (TPSA) is 59.8 Å². The van der Waals surface area contributed by atoms with Crippen molar-refractivity contribution in [1.82, 2.24) is 0 Å². The minimum Gasteiger partial charge on any atom is -0.282 e. The van der Waals surface area contributed by atoms with E-state index >= 15 is 0 Å². The number of allylic oxidation sites excluding steroid dienone is 1. The van der Waals surface area contributed by atoms with Gasteiger partial charge in [-0.3, -0.25) is 15.4 Å². The molecule has 0 aliphatic rings. The van der Waals surface area contributed by atoms with Crippen molar-refractivity contribution in [3.05, 3.63) is 52.3 Å². The van der Waals surface area contributed by atoms with Gasteiger partial charge in [0.05, 0.1) is 4.92 Å². The summed E-state index contributed by atoms with van der Waals surface area (Å²) in [5, 5.41) is 12.0. The van der Waals surface area contributed by atoms with Crippen LogP contribution in [0.3, 0.4) is 0 Å². The lowest BCUT2D eigenvalue weighted by atomic mass is 10.3. The van der Waals surface area contributed by atoms with Crippen molar-refractivity contribution in [2.24, 2.45) is 0 Å². The van der Waals surface area contributed by atoms with Gasteiger partial charge in [-0.15, -0.1) is 0 Å². The van der Waals surface area contributed by atoms with Gasteiger partial charge in [-0.05, 0) is 12.1 Å². The predicted octanol–water partition coefficient (Wildman–Crippen LogP) is 1.02. The zero-order valence-electron chi connectivity index (χ0n) is 7.31. The molecular formula is C9H11N2O2+. The maximum Gasteiger partial charge on any atom is 0.295 e. The number of para-hydroxylation sites is 1. The predicted molar refractivity (Wildman–Crippen MR) is 48.8 cm³/mol. The Bertz CT molecular complexity index is 320. The van der Waals surface area contributed by atoms with E-state index in [0.717, 1.165) is 5.69 Å². The molecule has 0 saturated carbocycles. The average molecular weight is 179 g/mol. The third kappa shape index (κ3) is 3.04. The summed E-state index contributed by atoms with van der Waals surface area (Å²) >= 11 is 0. The Morgan fingerprint density at radius 3 is 2.62 bits per heavy atom. The molecule has 4 nitrogen and oxygen atoms in total. The van der Waals surface area contributed by atoms with Crippen molar-refractivity contribution >= 4 is 5.69 Å². The number of hydrogen-bond acceptors (Lipinski definition) is 2. The monoisotopic (exact) mass is 179 g/mol. The van der Waals surface area contributed by atoms with Gasteiger partial charge in [-0.25, -0.2) is 0 Å². The summed E-state index contributed by atoms with van der Waals surface area (Å²) < 4.78 is 0. The molecule has 0 aliphatic carbocycles. The fourth-order valence-corrected chi connectivity index (χ4v) is 0.842. The molecule has 0 unspecified atom stereocenters. The Morgan fingerprint density at radius 1 is 1.46 bits per heavy atom. The summed E-state index contributed by atoms with van der Waals surface area (Å²) in [5.41, 5.74) is 1.10. The van der Waals surface area contributed by atoms with Crippen molar-refractivity contribution in [3.63, 3.8) is 0 Å². The molecule has 0 aromatic heterocycles. The van der Waals surface area contributed by atoms with Gasteiger partial charge >= 0.3 is 0 Å². The first-order valence-electron chi connectivity index (χ1n) is 3.91. The minimum atomic E-state index is -0.403. The van der Waals surface area contributed by atoms with E-state index in [9.17, 15) is 10.1 Å². The van der Waals surface area contributed by atoms with Crippen LogP contribution >= 0.6 is 0 Å². The molecule has 1 rings (SSSR count). The van der Waals surface area contributed by atoms with E-state index in [0.29, 0.717) is 0 Å². The van der Waals surface area contributed by atoms with Gasteiger partial charge in [-0.1, -0.05) is 18.2 Å². The van der Waals surface area contributed by atoms with Crippen LogP contribution in [0.15, 0.2) is 42.2 Å². The minimum absolute atomic E-state index is 0.142. The molecule has 0 aliphatic heterocycles. The molecule has 0 atom stereocenters. The van der Waals surface area contributed by atoms with Crippen LogP contribution in [0.1, 0.15) is 6.92 Å². The second kappa shape index (κ2) is 4.37. The Balaban J connectivity index is 2.62. The Labute approximate surface area is 76.0 Å². The van der Waals surface area contributed by atoms with Gasteiger partial charge in [-0.2, -0.15) is 0 Å². The second-order valence-corrected chi connectivity index (χ2v) is 2.64. The van der Waals surface area contributed by atoms with Crippen molar-refractivity contribution in [2.45, 2.75) is 6.92 Å². The molecule has 0 bridgehead atoms. The summed E-state index contributed by atoms with van der Waals surface area (Å²) in [7, 11) is 0. The highest BCUT2D eigenvalue weighted by molar-refractivity contribution is 5.27. The molecule has 0 saturated heterocycles. The van der Waals surface area contributed by atoms with Gasteiger partial charge in [0.1, 0.15) is 5.69 Å². The highest BCUT2D eigenvalue weighted by Crippen LogP contribution is 1.96. The fraction of sp³-hybridized carbons (Fsp3) is 0.111. The smallest absolute Gasteiger partial charge is 0.282 e. The fourth-order valence-electron chi connectivity index (χ4n) is 0.842. The molecule has 0 amide bonds. The van der Waals surface area contributed by atoms with Gasteiger partial charge in [0.2, 0.25) is 0 Å². The second-order valence-electron chi connectivity index (χ2n) is 2.64. The van der Waals surface area contributed by atoms with Gasteiger partial charge in [0.25, 0.3) is 5.70 Å². The lowest BCUT2D eigenvalue weighted by Crippen LogP contribution is -2.71. The van der Waals surface area contributed by atoms with Crippen molar-refractivity contribution < 1.29 is 10.2 Å². The summed E-state index contributed by atoms with van der Waals surface area (Å²) in [5.74, 6) is 0. The normalized spacial score (nSPS) is 11.3. The van der Waals surface area contributed by atoms with Crippen LogP contribution in [0, 0.1) is 10.1 Å². The summed E-state index contributed by atoms with van der Waals surface area (Å²) in [4.78, 5) is 9.83. The average Bonchev–Trinajstić information content (AvgIpc) is 2.15. The molecule has 0 radical (unpaired) electrons. The molecule has 0 spiro atoms. The highest BCUT2D eigenvalue weighted by atomic mass is 16.6. The van der Waals surface area contributed by atoms with Gasteiger partial charge in [0, 0.05) is 6.92 Å². The van der Waals surface area contributed by atoms with Crippen molar-refractivity contribution in [3.8, 4) is 0 Å². The van der Waals surface area contributed by atoms with Crippen LogP contribution in [-0.4, -0.2) is 4.92 Å².